The second kappa shape index (κ2) is 6.10. The number of anilines is 1. The van der Waals surface area contributed by atoms with Crippen molar-refractivity contribution in [3.63, 3.8) is 0 Å². The van der Waals surface area contributed by atoms with Crippen molar-refractivity contribution in [3.05, 3.63) is 17.3 Å². The first-order valence-electron chi connectivity index (χ1n) is 7.75. The van der Waals surface area contributed by atoms with Crippen LogP contribution in [0.3, 0.4) is 0 Å². The van der Waals surface area contributed by atoms with Crippen LogP contribution in [0, 0.1) is 12.8 Å². The maximum Gasteiger partial charge on any atom is 0.410 e. The van der Waals surface area contributed by atoms with Gasteiger partial charge in [-0.15, -0.1) is 5.10 Å². The monoisotopic (exact) mass is 306 g/mol. The van der Waals surface area contributed by atoms with Gasteiger partial charge in [0, 0.05) is 19.0 Å². The lowest BCUT2D eigenvalue weighted by Gasteiger charge is -2.37. The molecule has 6 nitrogen and oxygen atoms in total. The molecule has 1 amide bonds. The third-order valence-electron chi connectivity index (χ3n) is 3.95. The minimum Gasteiger partial charge on any atom is -0.444 e. The Morgan fingerprint density at radius 2 is 2.09 bits per heavy atom. The number of ether oxygens (including phenoxy) is 1. The summed E-state index contributed by atoms with van der Waals surface area (Å²) in [7, 11) is 0. The van der Waals surface area contributed by atoms with Gasteiger partial charge >= 0.3 is 6.09 Å². The van der Waals surface area contributed by atoms with E-state index < -0.39 is 5.60 Å². The fraction of sp³-hybridized carbons (Fsp3) is 0.688. The van der Waals surface area contributed by atoms with Gasteiger partial charge < -0.3 is 15.4 Å². The average molecular weight is 306 g/mol. The first-order valence-corrected chi connectivity index (χ1v) is 7.75. The molecule has 2 heterocycles. The summed E-state index contributed by atoms with van der Waals surface area (Å²) in [4.78, 5) is 14.0. The number of carbonyl (C=O) groups excluding carboxylic acids is 1. The number of rotatable bonds is 1. The highest BCUT2D eigenvalue weighted by atomic mass is 16.6. The van der Waals surface area contributed by atoms with E-state index in [1.807, 2.05) is 33.8 Å². The molecule has 1 aromatic heterocycles. The molecule has 0 saturated carbocycles. The van der Waals surface area contributed by atoms with Gasteiger partial charge in [-0.25, -0.2) is 4.79 Å². The quantitative estimate of drug-likeness (QED) is 0.862. The molecule has 0 aromatic carbocycles. The van der Waals surface area contributed by atoms with Crippen molar-refractivity contribution < 1.29 is 9.53 Å². The Kier molecular flexibility index (Phi) is 4.58. The van der Waals surface area contributed by atoms with Crippen LogP contribution in [0.1, 0.15) is 51.3 Å². The van der Waals surface area contributed by atoms with E-state index in [4.69, 9.17) is 10.5 Å². The number of carbonyl (C=O) groups is 1. The van der Waals surface area contributed by atoms with Gasteiger partial charge in [0.1, 0.15) is 11.4 Å². The summed E-state index contributed by atoms with van der Waals surface area (Å²) in [5, 5.41) is 8.25. The summed E-state index contributed by atoms with van der Waals surface area (Å²) >= 11 is 0. The van der Waals surface area contributed by atoms with Gasteiger partial charge in [-0.1, -0.05) is 6.92 Å². The molecule has 22 heavy (non-hydrogen) atoms. The number of piperidine rings is 1. The Morgan fingerprint density at radius 1 is 1.41 bits per heavy atom. The maximum absolute atomic E-state index is 12.2. The molecule has 0 bridgehead atoms. The Bertz CT molecular complexity index is 554. The summed E-state index contributed by atoms with van der Waals surface area (Å²) in [5.41, 5.74) is 7.26. The third-order valence-corrected chi connectivity index (χ3v) is 3.95. The standard InChI is InChI=1S/C16H26N4O2/c1-10-8-13(17)18-19-14(10)12-6-7-20(9-11(12)2)15(21)22-16(3,4)5/h8,11-12H,6-7,9H2,1-5H3,(H2,17,18)/t11-,12?/m0/s1. The topological polar surface area (TPSA) is 81.3 Å². The lowest BCUT2D eigenvalue weighted by atomic mass is 9.83. The van der Waals surface area contributed by atoms with Crippen molar-refractivity contribution >= 4 is 11.9 Å². The van der Waals surface area contributed by atoms with Crippen LogP contribution in [0.2, 0.25) is 0 Å². The maximum atomic E-state index is 12.2. The molecule has 1 aromatic rings. The highest BCUT2D eigenvalue weighted by molar-refractivity contribution is 5.68. The number of amides is 1. The molecule has 0 radical (unpaired) electrons. The Morgan fingerprint density at radius 3 is 2.64 bits per heavy atom. The number of nitrogen functional groups attached to an aromatic ring is 1. The van der Waals surface area contributed by atoms with Crippen molar-refractivity contribution in [1.29, 1.82) is 0 Å². The fourth-order valence-electron chi connectivity index (χ4n) is 2.93. The summed E-state index contributed by atoms with van der Waals surface area (Å²) in [5.74, 6) is 1.05. The van der Waals surface area contributed by atoms with Crippen molar-refractivity contribution in [3.8, 4) is 0 Å². The van der Waals surface area contributed by atoms with Gasteiger partial charge in [0.25, 0.3) is 0 Å². The summed E-state index contributed by atoms with van der Waals surface area (Å²) in [6.07, 6.45) is 0.623. The van der Waals surface area contributed by atoms with Gasteiger partial charge in [0.05, 0.1) is 5.69 Å². The van der Waals surface area contributed by atoms with Crippen molar-refractivity contribution in [1.82, 2.24) is 15.1 Å². The van der Waals surface area contributed by atoms with E-state index in [1.54, 1.807) is 4.90 Å². The van der Waals surface area contributed by atoms with Crippen LogP contribution in [0.4, 0.5) is 10.6 Å². The zero-order valence-electron chi connectivity index (χ0n) is 14.1. The molecule has 1 saturated heterocycles. The van der Waals surface area contributed by atoms with Crippen LogP contribution >= 0.6 is 0 Å². The van der Waals surface area contributed by atoms with Crippen LogP contribution in [0.15, 0.2) is 6.07 Å². The third kappa shape index (κ3) is 3.87. The van der Waals surface area contributed by atoms with Gasteiger partial charge in [-0.3, -0.25) is 0 Å². The average Bonchev–Trinajstić information content (AvgIpc) is 2.37. The largest absolute Gasteiger partial charge is 0.444 e. The minimum absolute atomic E-state index is 0.238. The molecule has 2 atom stereocenters. The number of likely N-dealkylation sites (tertiary alicyclic amines) is 1. The normalized spacial score (nSPS) is 22.5. The zero-order valence-corrected chi connectivity index (χ0v) is 14.1. The van der Waals surface area contributed by atoms with E-state index >= 15 is 0 Å². The van der Waals surface area contributed by atoms with E-state index in [0.29, 0.717) is 30.7 Å². The smallest absolute Gasteiger partial charge is 0.410 e. The molecule has 1 fully saturated rings. The molecular weight excluding hydrogens is 280 g/mol. The lowest BCUT2D eigenvalue weighted by Crippen LogP contribution is -2.44. The van der Waals surface area contributed by atoms with E-state index in [2.05, 4.69) is 17.1 Å². The number of hydrogen-bond donors (Lipinski definition) is 1. The van der Waals surface area contributed by atoms with Crippen molar-refractivity contribution in [2.24, 2.45) is 5.92 Å². The number of aromatic nitrogens is 2. The molecule has 122 valence electrons. The van der Waals surface area contributed by atoms with Crippen molar-refractivity contribution in [2.75, 3.05) is 18.8 Å². The van der Waals surface area contributed by atoms with Crippen LogP contribution in [-0.2, 0) is 4.74 Å². The highest BCUT2D eigenvalue weighted by Gasteiger charge is 2.33. The van der Waals surface area contributed by atoms with Gasteiger partial charge in [-0.2, -0.15) is 5.10 Å². The van der Waals surface area contributed by atoms with E-state index in [0.717, 1.165) is 17.7 Å². The minimum atomic E-state index is -0.462. The molecule has 1 aliphatic rings. The van der Waals surface area contributed by atoms with Crippen LogP contribution in [0.25, 0.3) is 0 Å². The molecule has 0 aliphatic carbocycles. The molecule has 2 rings (SSSR count). The SMILES string of the molecule is Cc1cc(N)nnc1C1CCN(C(=O)OC(C)(C)C)C[C@@H]1C. The predicted molar refractivity (Wildman–Crippen MR) is 85.5 cm³/mol. The van der Waals surface area contributed by atoms with Gasteiger partial charge in [0.2, 0.25) is 0 Å². The Hall–Kier alpha value is -1.85. The number of nitrogens with two attached hydrogens (primary N) is 1. The molecule has 2 N–H and O–H groups in total. The van der Waals surface area contributed by atoms with Gasteiger partial charge in [0.15, 0.2) is 0 Å². The van der Waals surface area contributed by atoms with Crippen molar-refractivity contribution in [2.45, 2.75) is 52.6 Å². The van der Waals surface area contributed by atoms with E-state index in [1.165, 1.54) is 0 Å². The second-order valence-corrected chi connectivity index (χ2v) is 7.14. The predicted octanol–water partition coefficient (Wildman–Crippen LogP) is 2.73. The Balaban J connectivity index is 2.05. The zero-order chi connectivity index (χ0) is 16.5. The van der Waals surface area contributed by atoms with E-state index in [9.17, 15) is 4.79 Å². The molecule has 1 unspecified atom stereocenters. The van der Waals surface area contributed by atoms with Crippen LogP contribution in [-0.4, -0.2) is 39.9 Å². The summed E-state index contributed by atoms with van der Waals surface area (Å²) in [6, 6.07) is 1.86. The lowest BCUT2D eigenvalue weighted by molar-refractivity contribution is 0.0153. The molecule has 6 heteroatoms. The van der Waals surface area contributed by atoms with Crippen LogP contribution in [0.5, 0.6) is 0 Å². The number of hydrogen-bond acceptors (Lipinski definition) is 5. The molecular formula is C16H26N4O2. The first-order chi connectivity index (χ1) is 10.2. The fourth-order valence-corrected chi connectivity index (χ4v) is 2.93. The number of aryl methyl sites for hydroxylation is 1. The first kappa shape index (κ1) is 16.5. The number of nitrogens with zero attached hydrogens (tertiary/aromatic N) is 3. The van der Waals surface area contributed by atoms with Crippen LogP contribution < -0.4 is 5.73 Å². The summed E-state index contributed by atoms with van der Waals surface area (Å²) < 4.78 is 5.45. The highest BCUT2D eigenvalue weighted by Crippen LogP contribution is 2.33. The summed E-state index contributed by atoms with van der Waals surface area (Å²) in [6.45, 7) is 11.1. The van der Waals surface area contributed by atoms with E-state index in [-0.39, 0.29) is 6.09 Å². The van der Waals surface area contributed by atoms with Gasteiger partial charge in [-0.05, 0) is 51.7 Å². The Labute approximate surface area is 132 Å². The molecule has 1 aliphatic heterocycles. The molecule has 0 spiro atoms. The second-order valence-electron chi connectivity index (χ2n) is 7.14.